The van der Waals surface area contributed by atoms with Crippen LogP contribution in [0.15, 0.2) is 91.0 Å². The van der Waals surface area contributed by atoms with Gasteiger partial charge in [0.25, 0.3) is 5.91 Å². The van der Waals surface area contributed by atoms with Gasteiger partial charge in [0.15, 0.2) is 6.10 Å². The Morgan fingerprint density at radius 1 is 0.808 bits per heavy atom. The highest BCUT2D eigenvalue weighted by Crippen LogP contribution is 2.22. The summed E-state index contributed by atoms with van der Waals surface area (Å²) in [6.07, 6.45) is 0.0594. The second-order valence-corrected chi connectivity index (χ2v) is 6.09. The Bertz CT molecular complexity index is 764. The molecule has 0 radical (unpaired) electrons. The van der Waals surface area contributed by atoms with Crippen molar-refractivity contribution in [1.82, 2.24) is 5.32 Å². The Morgan fingerprint density at radius 2 is 1.27 bits per heavy atom. The van der Waals surface area contributed by atoms with Gasteiger partial charge in [0.05, 0.1) is 6.04 Å². The van der Waals surface area contributed by atoms with Crippen LogP contribution in [-0.2, 0) is 4.79 Å². The van der Waals surface area contributed by atoms with E-state index in [0.29, 0.717) is 12.2 Å². The van der Waals surface area contributed by atoms with Crippen LogP contribution in [0.1, 0.15) is 30.5 Å². The molecule has 3 aromatic rings. The lowest BCUT2D eigenvalue weighted by Crippen LogP contribution is -2.40. The van der Waals surface area contributed by atoms with E-state index in [9.17, 15) is 4.79 Å². The molecule has 0 heterocycles. The summed E-state index contributed by atoms with van der Waals surface area (Å²) in [5.41, 5.74) is 2.09. The van der Waals surface area contributed by atoms with E-state index in [1.807, 2.05) is 97.9 Å². The molecule has 0 aromatic heterocycles. The molecule has 0 fully saturated rings. The molecule has 1 unspecified atom stereocenters. The van der Waals surface area contributed by atoms with E-state index in [1.165, 1.54) is 0 Å². The summed E-state index contributed by atoms with van der Waals surface area (Å²) in [5, 5.41) is 3.16. The summed E-state index contributed by atoms with van der Waals surface area (Å²) in [5.74, 6) is 0.583. The topological polar surface area (TPSA) is 38.3 Å². The van der Waals surface area contributed by atoms with E-state index in [1.54, 1.807) is 0 Å². The van der Waals surface area contributed by atoms with Gasteiger partial charge in [-0.1, -0.05) is 85.8 Å². The number of amides is 1. The van der Waals surface area contributed by atoms with E-state index in [2.05, 4.69) is 5.32 Å². The van der Waals surface area contributed by atoms with Crippen LogP contribution in [0, 0.1) is 0 Å². The summed E-state index contributed by atoms with van der Waals surface area (Å²) in [6.45, 7) is 1.95. The Kier molecular flexibility index (Phi) is 6.05. The predicted octanol–water partition coefficient (Wildman–Crippen LogP) is 4.75. The first-order valence-corrected chi connectivity index (χ1v) is 8.90. The van der Waals surface area contributed by atoms with Gasteiger partial charge in [-0.25, -0.2) is 0 Å². The van der Waals surface area contributed by atoms with Crippen LogP contribution in [0.3, 0.4) is 0 Å². The maximum absolute atomic E-state index is 12.9. The fourth-order valence-corrected chi connectivity index (χ4v) is 2.87. The fourth-order valence-electron chi connectivity index (χ4n) is 2.87. The Balaban J connectivity index is 1.80. The number of hydrogen-bond acceptors (Lipinski definition) is 2. The Morgan fingerprint density at radius 3 is 1.73 bits per heavy atom. The van der Waals surface area contributed by atoms with Crippen LogP contribution < -0.4 is 10.1 Å². The van der Waals surface area contributed by atoms with E-state index >= 15 is 0 Å². The molecule has 1 N–H and O–H groups in total. The fraction of sp³-hybridized carbons (Fsp3) is 0.174. The van der Waals surface area contributed by atoms with Gasteiger partial charge in [-0.05, 0) is 29.7 Å². The van der Waals surface area contributed by atoms with Gasteiger partial charge in [0.1, 0.15) is 5.75 Å². The van der Waals surface area contributed by atoms with Crippen molar-refractivity contribution in [2.75, 3.05) is 0 Å². The monoisotopic (exact) mass is 345 g/mol. The summed E-state index contributed by atoms with van der Waals surface area (Å²) < 4.78 is 5.89. The van der Waals surface area contributed by atoms with E-state index < -0.39 is 6.10 Å². The van der Waals surface area contributed by atoms with Gasteiger partial charge in [0.2, 0.25) is 0 Å². The minimum absolute atomic E-state index is 0.117. The first-order valence-electron chi connectivity index (χ1n) is 8.90. The van der Waals surface area contributed by atoms with Crippen molar-refractivity contribution in [3.05, 3.63) is 102 Å². The molecule has 1 amide bonds. The summed E-state index contributed by atoms with van der Waals surface area (Å²) in [6, 6.07) is 29.2. The zero-order chi connectivity index (χ0) is 18.2. The number of carbonyl (C=O) groups excluding carboxylic acids is 1. The van der Waals surface area contributed by atoms with Crippen molar-refractivity contribution in [2.45, 2.75) is 25.5 Å². The van der Waals surface area contributed by atoms with Crippen molar-refractivity contribution in [3.8, 4) is 5.75 Å². The molecular weight excluding hydrogens is 322 g/mol. The van der Waals surface area contributed by atoms with Crippen LogP contribution >= 0.6 is 0 Å². The van der Waals surface area contributed by atoms with Crippen molar-refractivity contribution in [3.63, 3.8) is 0 Å². The smallest absolute Gasteiger partial charge is 0.261 e. The molecule has 0 aliphatic rings. The van der Waals surface area contributed by atoms with E-state index in [0.717, 1.165) is 11.1 Å². The lowest BCUT2D eigenvalue weighted by molar-refractivity contribution is -0.128. The van der Waals surface area contributed by atoms with Crippen LogP contribution in [-0.4, -0.2) is 12.0 Å². The highest BCUT2D eigenvalue weighted by atomic mass is 16.5. The SMILES string of the molecule is CCC(Oc1ccccc1)C(=O)NC(c1ccccc1)c1ccccc1. The van der Waals surface area contributed by atoms with Crippen molar-refractivity contribution in [1.29, 1.82) is 0 Å². The average molecular weight is 345 g/mol. The standard InChI is InChI=1S/C23H23NO2/c1-2-21(26-20-16-10-5-11-17-20)23(25)24-22(18-12-6-3-7-13-18)19-14-8-4-9-15-19/h3-17,21-22H,2H2,1H3,(H,24,25). The highest BCUT2D eigenvalue weighted by Gasteiger charge is 2.23. The number of benzene rings is 3. The van der Waals surface area contributed by atoms with Gasteiger partial charge >= 0.3 is 0 Å². The zero-order valence-electron chi connectivity index (χ0n) is 14.8. The number of para-hydroxylation sites is 1. The average Bonchev–Trinajstić information content (AvgIpc) is 2.72. The summed E-state index contributed by atoms with van der Waals surface area (Å²) >= 11 is 0. The second-order valence-electron chi connectivity index (χ2n) is 6.09. The minimum atomic E-state index is -0.535. The molecule has 0 spiro atoms. The number of nitrogens with one attached hydrogen (secondary N) is 1. The molecule has 0 saturated carbocycles. The van der Waals surface area contributed by atoms with Crippen LogP contribution in [0.2, 0.25) is 0 Å². The molecule has 3 rings (SSSR count). The summed E-state index contributed by atoms with van der Waals surface area (Å²) in [4.78, 5) is 12.9. The Labute approximate surface area is 154 Å². The number of hydrogen-bond donors (Lipinski definition) is 1. The van der Waals surface area contributed by atoms with Crippen molar-refractivity contribution < 1.29 is 9.53 Å². The first-order chi connectivity index (χ1) is 12.8. The van der Waals surface area contributed by atoms with Gasteiger partial charge in [0, 0.05) is 0 Å². The number of rotatable bonds is 7. The van der Waals surface area contributed by atoms with Crippen molar-refractivity contribution >= 4 is 5.91 Å². The molecule has 3 nitrogen and oxygen atoms in total. The summed E-state index contributed by atoms with van der Waals surface area (Å²) in [7, 11) is 0. The minimum Gasteiger partial charge on any atom is -0.481 e. The van der Waals surface area contributed by atoms with Gasteiger partial charge < -0.3 is 10.1 Å². The van der Waals surface area contributed by atoms with Crippen LogP contribution in [0.25, 0.3) is 0 Å². The normalized spacial score (nSPS) is 11.8. The molecule has 26 heavy (non-hydrogen) atoms. The predicted molar refractivity (Wildman–Crippen MR) is 104 cm³/mol. The maximum Gasteiger partial charge on any atom is 0.261 e. The molecule has 0 bridgehead atoms. The molecule has 132 valence electrons. The maximum atomic E-state index is 12.9. The largest absolute Gasteiger partial charge is 0.481 e. The lowest BCUT2D eigenvalue weighted by Gasteiger charge is -2.23. The Hall–Kier alpha value is -3.07. The molecule has 3 heteroatoms. The molecule has 0 aliphatic carbocycles. The molecule has 0 aliphatic heterocycles. The third-order valence-electron chi connectivity index (χ3n) is 4.24. The van der Waals surface area contributed by atoms with Gasteiger partial charge in [-0.3, -0.25) is 4.79 Å². The highest BCUT2D eigenvalue weighted by molar-refractivity contribution is 5.82. The number of carbonyl (C=O) groups is 1. The van der Waals surface area contributed by atoms with Crippen LogP contribution in [0.5, 0.6) is 5.75 Å². The van der Waals surface area contributed by atoms with E-state index in [-0.39, 0.29) is 11.9 Å². The van der Waals surface area contributed by atoms with Gasteiger partial charge in [-0.2, -0.15) is 0 Å². The number of ether oxygens (including phenoxy) is 1. The van der Waals surface area contributed by atoms with Crippen LogP contribution in [0.4, 0.5) is 0 Å². The quantitative estimate of drug-likeness (QED) is 0.671. The molecular formula is C23H23NO2. The third kappa shape index (κ3) is 4.51. The van der Waals surface area contributed by atoms with E-state index in [4.69, 9.17) is 4.74 Å². The molecule has 0 saturated heterocycles. The third-order valence-corrected chi connectivity index (χ3v) is 4.24. The second kappa shape index (κ2) is 8.86. The van der Waals surface area contributed by atoms with Crippen molar-refractivity contribution in [2.24, 2.45) is 0 Å². The lowest BCUT2D eigenvalue weighted by atomic mass is 9.98. The first kappa shape index (κ1) is 17.7. The molecule has 3 aromatic carbocycles. The van der Waals surface area contributed by atoms with Gasteiger partial charge in [-0.15, -0.1) is 0 Å². The molecule has 1 atom stereocenters. The zero-order valence-corrected chi connectivity index (χ0v) is 14.8.